The number of rotatable bonds is 7. The van der Waals surface area contributed by atoms with Crippen molar-refractivity contribution >= 4 is 34.7 Å². The summed E-state index contributed by atoms with van der Waals surface area (Å²) in [6.45, 7) is 8.17. The Kier molecular flexibility index (Phi) is 6.22. The van der Waals surface area contributed by atoms with Gasteiger partial charge in [-0.2, -0.15) is 5.10 Å². The lowest BCUT2D eigenvalue weighted by Crippen LogP contribution is -2.06. The third-order valence-corrected chi connectivity index (χ3v) is 6.06. The highest BCUT2D eigenvalue weighted by Gasteiger charge is 2.14. The molecule has 0 aliphatic rings. The molecular formula is C30H27N5. The summed E-state index contributed by atoms with van der Waals surface area (Å²) in [5.41, 5.74) is 9.22. The minimum absolute atomic E-state index is 0.687. The first-order valence-corrected chi connectivity index (χ1v) is 11.7. The van der Waals surface area contributed by atoms with Gasteiger partial charge in [0.15, 0.2) is 5.82 Å². The number of para-hydroxylation sites is 1. The van der Waals surface area contributed by atoms with Crippen LogP contribution in [0.3, 0.4) is 0 Å². The maximum Gasteiger partial charge on any atom is 0.160 e. The Bertz CT molecular complexity index is 1530. The Morgan fingerprint density at radius 2 is 1.74 bits per heavy atom. The van der Waals surface area contributed by atoms with E-state index in [2.05, 4.69) is 68.9 Å². The standard InChI is InChI=1S/C30H27N5/c1-4-11-25-24(5-2)26(18-22-13-7-6-8-14-22)33-34-30(25)32-23-16-17-29-27(19-23)31-20-35(29)28-15-10-9-12-21(28)3/h4-17,19-20H,2,18H2,1,3H3,(H,32,34). The van der Waals surface area contributed by atoms with Gasteiger partial charge in [-0.25, -0.2) is 4.98 Å². The lowest BCUT2D eigenvalue weighted by Gasteiger charge is -2.14. The SMILES string of the molecule is C=Cc1c(Cc2ccccc2)nnc(Nc2ccc3c(c2)ncn3-c2ccccc2C)c1C=CC. The zero-order valence-electron chi connectivity index (χ0n) is 19.9. The number of aromatic nitrogens is 4. The molecule has 0 radical (unpaired) electrons. The van der Waals surface area contributed by atoms with E-state index in [0.717, 1.165) is 39.2 Å². The number of fused-ring (bicyclic) bond motifs is 1. The first-order valence-electron chi connectivity index (χ1n) is 11.7. The van der Waals surface area contributed by atoms with Gasteiger partial charge in [-0.1, -0.05) is 73.3 Å². The Morgan fingerprint density at radius 1 is 0.943 bits per heavy atom. The van der Waals surface area contributed by atoms with Gasteiger partial charge < -0.3 is 5.32 Å². The van der Waals surface area contributed by atoms with Crippen LogP contribution in [0.5, 0.6) is 0 Å². The smallest absolute Gasteiger partial charge is 0.160 e. The van der Waals surface area contributed by atoms with Crippen LogP contribution in [-0.2, 0) is 6.42 Å². The maximum absolute atomic E-state index is 4.65. The minimum Gasteiger partial charge on any atom is -0.338 e. The van der Waals surface area contributed by atoms with Gasteiger partial charge in [0.1, 0.15) is 6.33 Å². The predicted octanol–water partition coefficient (Wildman–Crippen LogP) is 7.13. The molecular weight excluding hydrogens is 430 g/mol. The van der Waals surface area contributed by atoms with Crippen LogP contribution in [0.4, 0.5) is 11.5 Å². The molecule has 0 saturated heterocycles. The minimum atomic E-state index is 0.687. The van der Waals surface area contributed by atoms with Gasteiger partial charge in [-0.05, 0) is 49.2 Å². The van der Waals surface area contributed by atoms with E-state index in [1.165, 1.54) is 11.1 Å². The second-order valence-electron chi connectivity index (χ2n) is 8.42. The first-order chi connectivity index (χ1) is 17.2. The summed E-state index contributed by atoms with van der Waals surface area (Å²) in [5, 5.41) is 12.6. The number of allylic oxidation sites excluding steroid dienone is 1. The van der Waals surface area contributed by atoms with Crippen molar-refractivity contribution in [2.75, 3.05) is 5.32 Å². The highest BCUT2D eigenvalue weighted by atomic mass is 15.2. The summed E-state index contributed by atoms with van der Waals surface area (Å²) in [5.74, 6) is 0.687. The number of imidazole rings is 1. The van der Waals surface area contributed by atoms with E-state index in [1.54, 1.807) is 0 Å². The van der Waals surface area contributed by atoms with Gasteiger partial charge in [-0.3, -0.25) is 4.57 Å². The van der Waals surface area contributed by atoms with E-state index in [1.807, 2.05) is 73.9 Å². The summed E-state index contributed by atoms with van der Waals surface area (Å²) in [4.78, 5) is 4.65. The Hall–Kier alpha value is -4.51. The lowest BCUT2D eigenvalue weighted by molar-refractivity contribution is 0.934. The zero-order valence-corrected chi connectivity index (χ0v) is 19.9. The van der Waals surface area contributed by atoms with Crippen molar-refractivity contribution in [3.8, 4) is 5.69 Å². The quantitative estimate of drug-likeness (QED) is 0.282. The Balaban J connectivity index is 1.50. The molecule has 0 aliphatic heterocycles. The molecule has 172 valence electrons. The fourth-order valence-electron chi connectivity index (χ4n) is 4.33. The molecule has 5 aromatic rings. The number of anilines is 2. The van der Waals surface area contributed by atoms with E-state index >= 15 is 0 Å². The van der Waals surface area contributed by atoms with Gasteiger partial charge in [0.2, 0.25) is 0 Å². The molecule has 0 fully saturated rings. The Morgan fingerprint density at radius 3 is 2.51 bits per heavy atom. The summed E-state index contributed by atoms with van der Waals surface area (Å²) in [7, 11) is 0. The fourth-order valence-corrected chi connectivity index (χ4v) is 4.33. The number of nitrogens with zero attached hydrogens (tertiary/aromatic N) is 4. The Labute approximate surface area is 205 Å². The van der Waals surface area contributed by atoms with E-state index in [-0.39, 0.29) is 0 Å². The van der Waals surface area contributed by atoms with Crippen LogP contribution in [0.25, 0.3) is 28.9 Å². The van der Waals surface area contributed by atoms with E-state index in [0.29, 0.717) is 12.2 Å². The van der Waals surface area contributed by atoms with Gasteiger partial charge in [-0.15, -0.1) is 5.10 Å². The van der Waals surface area contributed by atoms with Crippen molar-refractivity contribution in [3.05, 3.63) is 120 Å². The van der Waals surface area contributed by atoms with Crippen LogP contribution in [0, 0.1) is 6.92 Å². The third-order valence-electron chi connectivity index (χ3n) is 6.06. The van der Waals surface area contributed by atoms with Crippen molar-refractivity contribution in [1.29, 1.82) is 0 Å². The largest absolute Gasteiger partial charge is 0.338 e. The molecule has 0 unspecified atom stereocenters. The number of hydrogen-bond donors (Lipinski definition) is 1. The summed E-state index contributed by atoms with van der Waals surface area (Å²) < 4.78 is 2.12. The van der Waals surface area contributed by atoms with Crippen molar-refractivity contribution < 1.29 is 0 Å². The van der Waals surface area contributed by atoms with Crippen molar-refractivity contribution in [3.63, 3.8) is 0 Å². The van der Waals surface area contributed by atoms with E-state index < -0.39 is 0 Å². The average molecular weight is 458 g/mol. The third kappa shape index (κ3) is 4.49. The van der Waals surface area contributed by atoms with Crippen molar-refractivity contribution in [2.45, 2.75) is 20.3 Å². The molecule has 0 saturated carbocycles. The molecule has 0 bridgehead atoms. The van der Waals surface area contributed by atoms with Crippen molar-refractivity contribution in [2.24, 2.45) is 0 Å². The lowest BCUT2D eigenvalue weighted by atomic mass is 10.0. The topological polar surface area (TPSA) is 55.6 Å². The molecule has 3 aromatic carbocycles. The molecule has 5 nitrogen and oxygen atoms in total. The van der Waals surface area contributed by atoms with Crippen molar-refractivity contribution in [1.82, 2.24) is 19.7 Å². The number of benzene rings is 3. The highest BCUT2D eigenvalue weighted by molar-refractivity contribution is 5.84. The van der Waals surface area contributed by atoms with Gasteiger partial charge >= 0.3 is 0 Å². The average Bonchev–Trinajstić information content (AvgIpc) is 3.30. The van der Waals surface area contributed by atoms with Crippen LogP contribution >= 0.6 is 0 Å². The van der Waals surface area contributed by atoms with Crippen LogP contribution in [0.1, 0.15) is 34.9 Å². The molecule has 2 aromatic heterocycles. The van der Waals surface area contributed by atoms with Crippen LogP contribution in [0.2, 0.25) is 0 Å². The van der Waals surface area contributed by atoms with Crippen LogP contribution in [-0.4, -0.2) is 19.7 Å². The molecule has 2 heterocycles. The number of hydrogen-bond acceptors (Lipinski definition) is 4. The highest BCUT2D eigenvalue weighted by Crippen LogP contribution is 2.29. The molecule has 0 atom stereocenters. The van der Waals surface area contributed by atoms with Gasteiger partial charge in [0.05, 0.1) is 22.4 Å². The summed E-state index contributed by atoms with van der Waals surface area (Å²) in [6, 6.07) is 24.8. The van der Waals surface area contributed by atoms with E-state index in [9.17, 15) is 0 Å². The molecule has 0 spiro atoms. The number of aryl methyl sites for hydroxylation is 1. The van der Waals surface area contributed by atoms with Gasteiger partial charge in [0.25, 0.3) is 0 Å². The fraction of sp³-hybridized carbons (Fsp3) is 0.100. The molecule has 35 heavy (non-hydrogen) atoms. The molecule has 5 heteroatoms. The van der Waals surface area contributed by atoms with Gasteiger partial charge in [0, 0.05) is 23.2 Å². The predicted molar refractivity (Wildman–Crippen MR) is 145 cm³/mol. The van der Waals surface area contributed by atoms with E-state index in [4.69, 9.17) is 0 Å². The second-order valence-corrected chi connectivity index (χ2v) is 8.42. The second kappa shape index (κ2) is 9.77. The number of nitrogens with one attached hydrogen (secondary N) is 1. The van der Waals surface area contributed by atoms with Crippen LogP contribution < -0.4 is 5.32 Å². The zero-order chi connectivity index (χ0) is 24.2. The first kappa shape index (κ1) is 22.3. The maximum atomic E-state index is 4.65. The molecule has 0 amide bonds. The summed E-state index contributed by atoms with van der Waals surface area (Å²) >= 11 is 0. The molecule has 0 aliphatic carbocycles. The normalized spacial score (nSPS) is 11.3. The summed E-state index contributed by atoms with van der Waals surface area (Å²) in [6.07, 6.45) is 8.49. The van der Waals surface area contributed by atoms with Crippen LogP contribution in [0.15, 0.2) is 91.8 Å². The molecule has 5 rings (SSSR count). The molecule has 1 N–H and O–H groups in total. The monoisotopic (exact) mass is 457 g/mol.